The Kier molecular flexibility index (Phi) is 5.50. The van der Waals surface area contributed by atoms with E-state index in [-0.39, 0.29) is 36.7 Å². The fourth-order valence-electron chi connectivity index (χ4n) is 3.69. The summed E-state index contributed by atoms with van der Waals surface area (Å²) in [7, 11) is 0. The molecule has 1 N–H and O–H groups in total. The zero-order valence-electron chi connectivity index (χ0n) is 16.0. The Morgan fingerprint density at radius 1 is 1.10 bits per heavy atom. The predicted octanol–water partition coefficient (Wildman–Crippen LogP) is 1.82. The minimum Gasteiger partial charge on any atom is -0.491 e. The van der Waals surface area contributed by atoms with Crippen LogP contribution >= 0.6 is 0 Å². The molecule has 0 radical (unpaired) electrons. The van der Waals surface area contributed by atoms with Crippen LogP contribution in [0.3, 0.4) is 0 Å². The van der Waals surface area contributed by atoms with Gasteiger partial charge in [-0.3, -0.25) is 19.3 Å². The number of rotatable bonds is 4. The molecule has 1 aromatic carbocycles. The van der Waals surface area contributed by atoms with Crippen LogP contribution in [0.1, 0.15) is 29.8 Å². The predicted molar refractivity (Wildman–Crippen MR) is 105 cm³/mol. The van der Waals surface area contributed by atoms with Gasteiger partial charge in [-0.1, -0.05) is 12.1 Å². The van der Waals surface area contributed by atoms with Gasteiger partial charge in [0.1, 0.15) is 12.3 Å². The summed E-state index contributed by atoms with van der Waals surface area (Å²) in [5.41, 5.74) is 0.615. The maximum atomic E-state index is 12.6. The second-order valence-corrected chi connectivity index (χ2v) is 7.16. The first-order chi connectivity index (χ1) is 14.1. The Balaban J connectivity index is 1.32. The molecule has 3 amide bonds. The van der Waals surface area contributed by atoms with Crippen molar-refractivity contribution < 1.29 is 23.5 Å². The van der Waals surface area contributed by atoms with Gasteiger partial charge < -0.3 is 19.4 Å². The van der Waals surface area contributed by atoms with Crippen LogP contribution in [0.2, 0.25) is 0 Å². The smallest absolute Gasteiger partial charge is 0.289 e. The van der Waals surface area contributed by atoms with E-state index in [0.717, 1.165) is 0 Å². The monoisotopic (exact) mass is 397 g/mol. The zero-order valence-corrected chi connectivity index (χ0v) is 16.0. The molecule has 1 fully saturated rings. The number of piperidine rings is 1. The quantitative estimate of drug-likeness (QED) is 0.850. The average molecular weight is 397 g/mol. The lowest BCUT2D eigenvalue weighted by Crippen LogP contribution is -2.49. The number of ether oxygens (including phenoxy) is 1. The zero-order chi connectivity index (χ0) is 20.2. The number of hydrogen-bond acceptors (Lipinski definition) is 5. The van der Waals surface area contributed by atoms with Crippen LogP contribution in [0.5, 0.6) is 5.75 Å². The molecule has 0 atom stereocenters. The van der Waals surface area contributed by atoms with Crippen LogP contribution in [0.25, 0.3) is 0 Å². The van der Waals surface area contributed by atoms with Gasteiger partial charge in [0.15, 0.2) is 5.76 Å². The van der Waals surface area contributed by atoms with E-state index in [9.17, 15) is 14.4 Å². The molecule has 8 heteroatoms. The van der Waals surface area contributed by atoms with Crippen molar-refractivity contribution in [3.8, 4) is 5.75 Å². The molecule has 2 aromatic rings. The van der Waals surface area contributed by atoms with Crippen molar-refractivity contribution in [3.05, 3.63) is 48.4 Å². The van der Waals surface area contributed by atoms with Gasteiger partial charge in [0.2, 0.25) is 11.8 Å². The molecule has 0 saturated carbocycles. The summed E-state index contributed by atoms with van der Waals surface area (Å²) < 4.78 is 10.8. The van der Waals surface area contributed by atoms with E-state index in [0.29, 0.717) is 49.7 Å². The number of benzene rings is 1. The van der Waals surface area contributed by atoms with Crippen molar-refractivity contribution in [1.82, 2.24) is 10.2 Å². The molecular weight excluding hydrogens is 374 g/mol. The van der Waals surface area contributed by atoms with Gasteiger partial charge in [-0.2, -0.15) is 0 Å². The van der Waals surface area contributed by atoms with Gasteiger partial charge in [-0.25, -0.2) is 0 Å². The Bertz CT molecular complexity index is 887. The first-order valence-corrected chi connectivity index (χ1v) is 9.76. The van der Waals surface area contributed by atoms with E-state index in [4.69, 9.17) is 9.15 Å². The van der Waals surface area contributed by atoms with E-state index >= 15 is 0 Å². The summed E-state index contributed by atoms with van der Waals surface area (Å²) in [4.78, 5) is 40.6. The first-order valence-electron chi connectivity index (χ1n) is 9.76. The number of nitrogens with zero attached hydrogens (tertiary/aromatic N) is 2. The third-order valence-electron chi connectivity index (χ3n) is 5.21. The number of carbonyl (C=O) groups is 3. The number of amides is 3. The van der Waals surface area contributed by atoms with Crippen molar-refractivity contribution in [1.29, 1.82) is 0 Å². The van der Waals surface area contributed by atoms with Crippen LogP contribution in [-0.2, 0) is 9.59 Å². The van der Waals surface area contributed by atoms with E-state index in [1.165, 1.54) is 11.2 Å². The summed E-state index contributed by atoms with van der Waals surface area (Å²) in [5.74, 6) is 0.449. The minimum absolute atomic E-state index is 0.0308. The molecule has 0 spiro atoms. The van der Waals surface area contributed by atoms with Crippen molar-refractivity contribution >= 4 is 23.4 Å². The molecule has 4 rings (SSSR count). The topological polar surface area (TPSA) is 92.1 Å². The third-order valence-corrected chi connectivity index (χ3v) is 5.21. The molecule has 2 aliphatic rings. The summed E-state index contributed by atoms with van der Waals surface area (Å²) >= 11 is 0. The minimum atomic E-state index is -0.217. The van der Waals surface area contributed by atoms with Gasteiger partial charge in [0, 0.05) is 19.1 Å². The van der Waals surface area contributed by atoms with Crippen LogP contribution in [0.4, 0.5) is 5.69 Å². The maximum absolute atomic E-state index is 12.6. The highest BCUT2D eigenvalue weighted by Crippen LogP contribution is 2.30. The first kappa shape index (κ1) is 19.0. The SMILES string of the molecule is O=C(CN1C(=O)CCOc2ccccc21)NC1CCN(C(=O)c2ccco2)CC1. The highest BCUT2D eigenvalue weighted by molar-refractivity contribution is 6.00. The molecule has 0 unspecified atom stereocenters. The molecule has 2 aliphatic heterocycles. The summed E-state index contributed by atoms with van der Waals surface area (Å²) in [6.07, 6.45) is 3.03. The van der Waals surface area contributed by atoms with Crippen molar-refractivity contribution in [3.63, 3.8) is 0 Å². The molecule has 152 valence electrons. The molecule has 0 aliphatic carbocycles. The number of para-hydroxylation sites is 2. The second-order valence-electron chi connectivity index (χ2n) is 7.16. The van der Waals surface area contributed by atoms with Crippen molar-refractivity contribution in [2.45, 2.75) is 25.3 Å². The van der Waals surface area contributed by atoms with E-state index in [1.807, 2.05) is 12.1 Å². The number of fused-ring (bicyclic) bond motifs is 1. The van der Waals surface area contributed by atoms with Crippen LogP contribution in [-0.4, -0.2) is 54.9 Å². The summed E-state index contributed by atoms with van der Waals surface area (Å²) in [6.45, 7) is 1.34. The summed E-state index contributed by atoms with van der Waals surface area (Å²) in [5, 5.41) is 3.00. The van der Waals surface area contributed by atoms with Gasteiger partial charge in [0.25, 0.3) is 5.91 Å². The van der Waals surface area contributed by atoms with Crippen LogP contribution < -0.4 is 15.0 Å². The lowest BCUT2D eigenvalue weighted by atomic mass is 10.0. The number of furan rings is 1. The molecule has 0 bridgehead atoms. The van der Waals surface area contributed by atoms with E-state index in [1.54, 1.807) is 29.2 Å². The average Bonchev–Trinajstić information content (AvgIpc) is 3.22. The molecule has 29 heavy (non-hydrogen) atoms. The van der Waals surface area contributed by atoms with E-state index in [2.05, 4.69) is 5.32 Å². The molecule has 8 nitrogen and oxygen atoms in total. The van der Waals surface area contributed by atoms with Crippen molar-refractivity contribution in [2.24, 2.45) is 0 Å². The van der Waals surface area contributed by atoms with Gasteiger partial charge >= 0.3 is 0 Å². The van der Waals surface area contributed by atoms with Gasteiger partial charge in [-0.15, -0.1) is 0 Å². The van der Waals surface area contributed by atoms with Crippen LogP contribution in [0.15, 0.2) is 47.1 Å². The molecule has 1 aromatic heterocycles. The fraction of sp³-hybridized carbons (Fsp3) is 0.381. The number of hydrogen-bond donors (Lipinski definition) is 1. The number of likely N-dealkylation sites (tertiary alicyclic amines) is 1. The lowest BCUT2D eigenvalue weighted by Gasteiger charge is -2.32. The normalized spacial score (nSPS) is 17.3. The number of anilines is 1. The standard InChI is InChI=1S/C21H23N3O5/c25-19(14-24-16-4-1-2-5-17(16)29-13-9-20(24)26)22-15-7-10-23(11-8-15)21(27)18-6-3-12-28-18/h1-6,12,15H,7-11,13-14H2,(H,22,25). The Morgan fingerprint density at radius 2 is 1.90 bits per heavy atom. The third kappa shape index (κ3) is 4.26. The highest BCUT2D eigenvalue weighted by Gasteiger charge is 2.28. The Labute approximate surface area is 168 Å². The summed E-state index contributed by atoms with van der Waals surface area (Å²) in [6, 6.07) is 10.5. The van der Waals surface area contributed by atoms with Crippen LogP contribution in [0, 0.1) is 0 Å². The Morgan fingerprint density at radius 3 is 2.66 bits per heavy atom. The van der Waals surface area contributed by atoms with Gasteiger partial charge in [-0.05, 0) is 37.1 Å². The van der Waals surface area contributed by atoms with E-state index < -0.39 is 0 Å². The second kappa shape index (κ2) is 8.38. The van der Waals surface area contributed by atoms with Gasteiger partial charge in [0.05, 0.1) is 25.0 Å². The number of carbonyl (C=O) groups excluding carboxylic acids is 3. The fourth-order valence-corrected chi connectivity index (χ4v) is 3.69. The molecular formula is C21H23N3O5. The lowest BCUT2D eigenvalue weighted by molar-refractivity contribution is -0.124. The molecule has 3 heterocycles. The largest absolute Gasteiger partial charge is 0.491 e. The highest BCUT2D eigenvalue weighted by atomic mass is 16.5. The maximum Gasteiger partial charge on any atom is 0.289 e. The van der Waals surface area contributed by atoms with Crippen molar-refractivity contribution in [2.75, 3.05) is 31.1 Å². The number of nitrogens with one attached hydrogen (secondary N) is 1. The molecule has 1 saturated heterocycles. The Hall–Kier alpha value is -3.29.